The van der Waals surface area contributed by atoms with E-state index in [2.05, 4.69) is 109 Å². The van der Waals surface area contributed by atoms with Gasteiger partial charge in [-0.15, -0.1) is 0 Å². The van der Waals surface area contributed by atoms with Crippen molar-refractivity contribution in [1.82, 2.24) is 5.32 Å². The summed E-state index contributed by atoms with van der Waals surface area (Å²) >= 11 is 0. The van der Waals surface area contributed by atoms with Crippen LogP contribution in [0.3, 0.4) is 0 Å². The lowest BCUT2D eigenvalue weighted by Crippen LogP contribution is -2.86. The molecule has 7 rings (SSSR count). The lowest BCUT2D eigenvalue weighted by molar-refractivity contribution is -0.597. The smallest absolute Gasteiger partial charge is 0.141 e. The molecular formula is C46H51N8+. The average molecular weight is 716 g/mol. The highest BCUT2D eigenvalue weighted by atomic mass is 15.0. The van der Waals surface area contributed by atoms with Crippen molar-refractivity contribution in [2.45, 2.75) is 38.1 Å². The lowest BCUT2D eigenvalue weighted by Gasteiger charge is -2.30. The molecule has 0 amide bonds. The molecular weight excluding hydrogens is 665 g/mol. The number of hydrogen-bond donors (Lipinski definition) is 6. The highest BCUT2D eigenvalue weighted by molar-refractivity contribution is 5.94. The first kappa shape index (κ1) is 36.2. The Kier molecular flexibility index (Phi) is 10.6. The molecule has 0 aromatic heterocycles. The molecule has 274 valence electrons. The molecule has 0 saturated heterocycles. The van der Waals surface area contributed by atoms with E-state index in [0.717, 1.165) is 47.6 Å². The maximum Gasteiger partial charge on any atom is 0.141 e. The number of rotatable bonds is 11. The molecule has 2 unspecified atom stereocenters. The van der Waals surface area contributed by atoms with Crippen molar-refractivity contribution >= 4 is 47.7 Å². The van der Waals surface area contributed by atoms with E-state index < -0.39 is 0 Å². The van der Waals surface area contributed by atoms with Gasteiger partial charge in [-0.1, -0.05) is 98.8 Å². The number of aliphatic imine (C=N–C) groups is 2. The molecule has 54 heavy (non-hydrogen) atoms. The molecule has 0 radical (unpaired) electrons. The van der Waals surface area contributed by atoms with Crippen molar-refractivity contribution in [3.63, 3.8) is 0 Å². The van der Waals surface area contributed by atoms with Crippen LogP contribution in [0.1, 0.15) is 60.1 Å². The van der Waals surface area contributed by atoms with Gasteiger partial charge in [0.1, 0.15) is 18.3 Å². The van der Waals surface area contributed by atoms with Crippen LogP contribution in [-0.4, -0.2) is 38.6 Å². The third kappa shape index (κ3) is 6.65. The Bertz CT molecular complexity index is 2240. The van der Waals surface area contributed by atoms with Crippen molar-refractivity contribution in [3.8, 4) is 11.1 Å². The van der Waals surface area contributed by atoms with Gasteiger partial charge in [0, 0.05) is 47.1 Å². The van der Waals surface area contributed by atoms with Crippen molar-refractivity contribution in [2.24, 2.45) is 33.1 Å². The number of allylic oxidation sites excluding steroid dienone is 5. The number of fused-ring (bicyclic) bond motifs is 5. The quantitative estimate of drug-likeness (QED) is 0.0947. The Balaban J connectivity index is 1.17. The standard InChI is InChI=1S/C46H50N8/c1-4-46(5-2)38-28-30(10-14-32-16-20-36(40(49)8-6-22-47)44-42(32)51-24-26-53-44)12-18-34(38)35-19-13-31(29-39(35)46)11-15-33-17-21-37(41(50-3)9-7-23-48)45-43(33)52-25-27-54-45/h6-25,28-29,33,43,50,53-54H,4-5,26-27,47-49H2,1-3H3/p+1/b14-10+,15-11+,22-6-,23-7-,40-8-,41-9-. The summed E-state index contributed by atoms with van der Waals surface area (Å²) in [6.45, 7) is 6.14. The summed E-state index contributed by atoms with van der Waals surface area (Å²) in [7, 11) is 1.94. The maximum absolute atomic E-state index is 6.40. The second-order valence-electron chi connectivity index (χ2n) is 14.0. The SMILES string of the molecule is CCC1(CC)c2cc(/C=C/c3ccc(/C(N)=C/C=C\N)c4c3N=CCN4)ccc2-c2ccc(/C=C/C3C=CC(/C(=C/C=C\N)NC)=C4[NH2+]CC=NC43)cc21. The van der Waals surface area contributed by atoms with Crippen LogP contribution in [0.4, 0.5) is 11.4 Å². The number of likely N-dealkylation sites (N-methyl/N-ethyl adjacent to an activating group) is 1. The normalized spacial score (nSPS) is 20.2. The molecule has 2 heterocycles. The van der Waals surface area contributed by atoms with Gasteiger partial charge in [-0.05, 0) is 82.9 Å². The highest BCUT2D eigenvalue weighted by Gasteiger charge is 2.40. The average Bonchev–Trinajstić information content (AvgIpc) is 3.49. The lowest BCUT2D eigenvalue weighted by atomic mass is 9.73. The third-order valence-electron chi connectivity index (χ3n) is 11.2. The van der Waals surface area contributed by atoms with Crippen molar-refractivity contribution in [2.75, 3.05) is 25.5 Å². The Hall–Kier alpha value is -6.12. The second kappa shape index (κ2) is 15.9. The zero-order chi connectivity index (χ0) is 37.7. The number of benzene rings is 3. The van der Waals surface area contributed by atoms with Crippen LogP contribution in [0, 0.1) is 5.92 Å². The molecule has 2 aliphatic carbocycles. The molecule has 8 nitrogen and oxygen atoms in total. The van der Waals surface area contributed by atoms with E-state index in [1.807, 2.05) is 43.8 Å². The van der Waals surface area contributed by atoms with Crippen molar-refractivity contribution in [3.05, 3.63) is 154 Å². The molecule has 3 aromatic carbocycles. The Morgan fingerprint density at radius 2 is 1.65 bits per heavy atom. The van der Waals surface area contributed by atoms with Gasteiger partial charge in [-0.25, -0.2) is 0 Å². The number of nitrogens with zero attached hydrogens (tertiary/aromatic N) is 2. The van der Waals surface area contributed by atoms with E-state index in [1.165, 1.54) is 50.9 Å². The monoisotopic (exact) mass is 715 g/mol. The Labute approximate surface area is 319 Å². The number of hydrogen-bond acceptors (Lipinski definition) is 7. The molecule has 0 spiro atoms. The van der Waals surface area contributed by atoms with Crippen LogP contribution in [0.25, 0.3) is 35.1 Å². The minimum atomic E-state index is -0.0682. The second-order valence-corrected chi connectivity index (χ2v) is 14.0. The number of anilines is 1. The minimum Gasteiger partial charge on any atom is -0.405 e. The summed E-state index contributed by atoms with van der Waals surface area (Å²) in [6, 6.07) is 18.1. The first-order valence-corrected chi connectivity index (χ1v) is 18.9. The van der Waals surface area contributed by atoms with Crippen LogP contribution in [0.15, 0.2) is 130 Å². The van der Waals surface area contributed by atoms with E-state index in [-0.39, 0.29) is 17.4 Å². The number of nitrogens with one attached hydrogen (secondary N) is 2. The van der Waals surface area contributed by atoms with Gasteiger partial charge in [0.25, 0.3) is 0 Å². The van der Waals surface area contributed by atoms with E-state index in [4.69, 9.17) is 27.2 Å². The summed E-state index contributed by atoms with van der Waals surface area (Å²) in [5.41, 5.74) is 33.2. The first-order chi connectivity index (χ1) is 26.5. The predicted molar refractivity (Wildman–Crippen MR) is 229 cm³/mol. The predicted octanol–water partition coefficient (Wildman–Crippen LogP) is 6.89. The van der Waals surface area contributed by atoms with E-state index in [9.17, 15) is 0 Å². The van der Waals surface area contributed by atoms with Gasteiger partial charge in [-0.3, -0.25) is 9.98 Å². The Morgan fingerprint density at radius 3 is 2.35 bits per heavy atom. The Morgan fingerprint density at radius 1 is 0.926 bits per heavy atom. The van der Waals surface area contributed by atoms with Crippen molar-refractivity contribution < 1.29 is 5.32 Å². The molecule has 2 atom stereocenters. The molecule has 2 aliphatic heterocycles. The fourth-order valence-electron chi connectivity index (χ4n) is 8.41. The van der Waals surface area contributed by atoms with E-state index >= 15 is 0 Å². The van der Waals surface area contributed by atoms with Gasteiger partial charge < -0.3 is 33.2 Å². The fraction of sp³-hybridized carbons (Fsp3) is 0.217. The minimum absolute atomic E-state index is 0.0457. The van der Waals surface area contributed by atoms with Crippen LogP contribution in [0.5, 0.6) is 0 Å². The highest BCUT2D eigenvalue weighted by Crippen LogP contribution is 2.53. The van der Waals surface area contributed by atoms with Crippen LogP contribution in [-0.2, 0) is 5.41 Å². The van der Waals surface area contributed by atoms with Gasteiger partial charge in [0.15, 0.2) is 0 Å². The molecule has 0 fully saturated rings. The zero-order valence-corrected chi connectivity index (χ0v) is 31.4. The van der Waals surface area contributed by atoms with Gasteiger partial charge in [-0.2, -0.15) is 0 Å². The molecule has 0 bridgehead atoms. The van der Waals surface area contributed by atoms with Gasteiger partial charge >= 0.3 is 0 Å². The zero-order valence-electron chi connectivity index (χ0n) is 31.4. The van der Waals surface area contributed by atoms with Crippen LogP contribution >= 0.6 is 0 Å². The van der Waals surface area contributed by atoms with Gasteiger partial charge in [0.2, 0.25) is 0 Å². The summed E-state index contributed by atoms with van der Waals surface area (Å²) in [4.78, 5) is 9.73. The molecule has 4 aliphatic rings. The van der Waals surface area contributed by atoms with Crippen LogP contribution < -0.4 is 33.2 Å². The van der Waals surface area contributed by atoms with Gasteiger partial charge in [0.05, 0.1) is 29.7 Å². The maximum atomic E-state index is 6.40. The summed E-state index contributed by atoms with van der Waals surface area (Å²) in [5, 5.41) is 9.10. The topological polar surface area (TPSA) is 143 Å². The number of nitrogens with two attached hydrogens (primary N) is 4. The fourth-order valence-corrected chi connectivity index (χ4v) is 8.41. The summed E-state index contributed by atoms with van der Waals surface area (Å²) in [6.07, 6.45) is 29.9. The summed E-state index contributed by atoms with van der Waals surface area (Å²) in [5.74, 6) is 0.159. The number of quaternary nitrogens is 1. The van der Waals surface area contributed by atoms with E-state index in [0.29, 0.717) is 12.2 Å². The van der Waals surface area contributed by atoms with Crippen molar-refractivity contribution in [1.29, 1.82) is 0 Å². The molecule has 3 aromatic rings. The van der Waals surface area contributed by atoms with Crippen LogP contribution in [0.2, 0.25) is 0 Å². The first-order valence-electron chi connectivity index (χ1n) is 18.9. The van der Waals surface area contributed by atoms with E-state index in [1.54, 1.807) is 12.3 Å². The summed E-state index contributed by atoms with van der Waals surface area (Å²) < 4.78 is 0. The third-order valence-corrected chi connectivity index (χ3v) is 11.2. The molecule has 0 saturated carbocycles. The molecule has 8 heteroatoms. The largest absolute Gasteiger partial charge is 0.405 e. The molecule has 10 N–H and O–H groups in total.